The predicted molar refractivity (Wildman–Crippen MR) is 76.3 cm³/mol. The first kappa shape index (κ1) is 13.1. The molecule has 0 amide bonds. The molecule has 3 aromatic heterocycles. The van der Waals surface area contributed by atoms with E-state index in [9.17, 15) is 0 Å². The number of halogens is 1. The van der Waals surface area contributed by atoms with Crippen LogP contribution in [0.15, 0.2) is 52.5 Å². The summed E-state index contributed by atoms with van der Waals surface area (Å²) >= 11 is 7.19. The van der Waals surface area contributed by atoms with Crippen LogP contribution in [0.25, 0.3) is 11.5 Å². The number of hydrogen-bond donors (Lipinski definition) is 0. The summed E-state index contributed by atoms with van der Waals surface area (Å²) in [4.78, 5) is 7.97. The highest BCUT2D eigenvalue weighted by Crippen LogP contribution is 2.25. The number of nitrogens with zero attached hydrogens (tertiary/aromatic N) is 4. The minimum absolute atomic E-state index is 0.483. The summed E-state index contributed by atoms with van der Waals surface area (Å²) < 4.78 is 5.58. The monoisotopic (exact) mass is 304 g/mol. The van der Waals surface area contributed by atoms with Gasteiger partial charge in [0.05, 0.1) is 0 Å². The Morgan fingerprint density at radius 2 is 1.95 bits per heavy atom. The maximum atomic E-state index is 5.74. The number of aromatic nitrogens is 4. The number of hydrogen-bond acceptors (Lipinski definition) is 6. The van der Waals surface area contributed by atoms with Gasteiger partial charge in [-0.05, 0) is 23.8 Å². The molecule has 0 aliphatic carbocycles. The topological polar surface area (TPSA) is 64.7 Å². The van der Waals surface area contributed by atoms with E-state index in [0.717, 1.165) is 11.1 Å². The molecule has 0 bridgehead atoms. The van der Waals surface area contributed by atoms with Crippen molar-refractivity contribution in [1.29, 1.82) is 0 Å². The normalized spacial score (nSPS) is 10.7. The first-order valence-corrected chi connectivity index (χ1v) is 7.15. The molecule has 0 saturated carbocycles. The third-order valence-electron chi connectivity index (χ3n) is 2.48. The Hall–Kier alpha value is -1.92. The van der Waals surface area contributed by atoms with Crippen LogP contribution in [0, 0.1) is 0 Å². The van der Waals surface area contributed by atoms with E-state index in [2.05, 4.69) is 20.2 Å². The summed E-state index contributed by atoms with van der Waals surface area (Å²) in [7, 11) is 0. The van der Waals surface area contributed by atoms with E-state index in [1.54, 1.807) is 24.7 Å². The molecule has 3 heterocycles. The second kappa shape index (κ2) is 6.02. The van der Waals surface area contributed by atoms with Gasteiger partial charge in [0.1, 0.15) is 5.15 Å². The van der Waals surface area contributed by atoms with Crippen molar-refractivity contribution in [2.75, 3.05) is 0 Å². The Bertz CT molecular complexity index is 687. The fraction of sp³-hybridized carbons (Fsp3) is 0.0769. The average Bonchev–Trinajstić information content (AvgIpc) is 2.97. The van der Waals surface area contributed by atoms with Crippen LogP contribution in [0.2, 0.25) is 5.15 Å². The van der Waals surface area contributed by atoms with E-state index in [1.807, 2.05) is 18.2 Å². The van der Waals surface area contributed by atoms with Crippen molar-refractivity contribution >= 4 is 23.4 Å². The highest BCUT2D eigenvalue weighted by molar-refractivity contribution is 7.98. The number of rotatable bonds is 4. The molecule has 20 heavy (non-hydrogen) atoms. The lowest BCUT2D eigenvalue weighted by atomic mass is 10.3. The molecule has 100 valence electrons. The van der Waals surface area contributed by atoms with Crippen LogP contribution in [-0.2, 0) is 5.75 Å². The summed E-state index contributed by atoms with van der Waals surface area (Å²) in [6.45, 7) is 0. The van der Waals surface area contributed by atoms with Crippen LogP contribution in [0.1, 0.15) is 5.56 Å². The molecule has 0 spiro atoms. The van der Waals surface area contributed by atoms with Gasteiger partial charge in [-0.1, -0.05) is 29.4 Å². The van der Waals surface area contributed by atoms with Crippen LogP contribution in [0.5, 0.6) is 0 Å². The van der Waals surface area contributed by atoms with E-state index < -0.39 is 0 Å². The fourth-order valence-electron chi connectivity index (χ4n) is 1.52. The van der Waals surface area contributed by atoms with E-state index in [0.29, 0.717) is 22.0 Å². The zero-order valence-corrected chi connectivity index (χ0v) is 11.8. The van der Waals surface area contributed by atoms with Gasteiger partial charge in [0.25, 0.3) is 5.22 Å². The molecule has 5 nitrogen and oxygen atoms in total. The van der Waals surface area contributed by atoms with Gasteiger partial charge in [-0.15, -0.1) is 10.2 Å². The Labute approximate surface area is 124 Å². The van der Waals surface area contributed by atoms with Crippen molar-refractivity contribution in [1.82, 2.24) is 20.2 Å². The van der Waals surface area contributed by atoms with E-state index in [1.165, 1.54) is 11.8 Å². The number of thioether (sulfide) groups is 1. The van der Waals surface area contributed by atoms with Gasteiger partial charge in [-0.25, -0.2) is 4.98 Å². The van der Waals surface area contributed by atoms with Crippen molar-refractivity contribution < 1.29 is 4.42 Å². The van der Waals surface area contributed by atoms with Crippen LogP contribution in [0.3, 0.4) is 0 Å². The molecule has 0 N–H and O–H groups in total. The first-order valence-electron chi connectivity index (χ1n) is 5.78. The summed E-state index contributed by atoms with van der Waals surface area (Å²) in [6, 6.07) is 7.33. The van der Waals surface area contributed by atoms with E-state index >= 15 is 0 Å². The van der Waals surface area contributed by atoms with Gasteiger partial charge in [-0.3, -0.25) is 4.98 Å². The summed E-state index contributed by atoms with van der Waals surface area (Å²) in [6.07, 6.45) is 5.10. The van der Waals surface area contributed by atoms with Crippen molar-refractivity contribution in [3.63, 3.8) is 0 Å². The average molecular weight is 305 g/mol. The molecule has 0 aliphatic heterocycles. The van der Waals surface area contributed by atoms with Gasteiger partial charge in [0.2, 0.25) is 5.89 Å². The lowest BCUT2D eigenvalue weighted by Crippen LogP contribution is -1.83. The van der Waals surface area contributed by atoms with Gasteiger partial charge < -0.3 is 4.42 Å². The fourth-order valence-corrected chi connectivity index (χ4v) is 2.33. The smallest absolute Gasteiger partial charge is 0.277 e. The summed E-state index contributed by atoms with van der Waals surface area (Å²) in [5.41, 5.74) is 1.90. The Balaban J connectivity index is 1.67. The molecule has 0 aromatic carbocycles. The van der Waals surface area contributed by atoms with Crippen LogP contribution in [0.4, 0.5) is 0 Å². The molecule has 3 aromatic rings. The van der Waals surface area contributed by atoms with E-state index in [-0.39, 0.29) is 0 Å². The molecule has 0 saturated heterocycles. The van der Waals surface area contributed by atoms with Crippen LogP contribution in [-0.4, -0.2) is 20.2 Å². The second-order valence-electron chi connectivity index (χ2n) is 3.89. The lowest BCUT2D eigenvalue weighted by molar-refractivity contribution is 0.466. The molecule has 7 heteroatoms. The van der Waals surface area contributed by atoms with Crippen molar-refractivity contribution in [2.24, 2.45) is 0 Å². The molecular formula is C13H9ClN4OS. The minimum atomic E-state index is 0.483. The molecule has 3 rings (SSSR count). The molecular weight excluding hydrogens is 296 g/mol. The van der Waals surface area contributed by atoms with Crippen molar-refractivity contribution in [3.8, 4) is 11.5 Å². The second-order valence-corrected chi connectivity index (χ2v) is 5.20. The SMILES string of the molecule is Clc1ccc(CSc2nnc(-c3ccncc3)o2)cn1. The van der Waals surface area contributed by atoms with Crippen LogP contribution < -0.4 is 0 Å². The predicted octanol–water partition coefficient (Wildman–Crippen LogP) is 3.47. The summed E-state index contributed by atoms with van der Waals surface area (Å²) in [5.74, 6) is 1.19. The summed E-state index contributed by atoms with van der Waals surface area (Å²) in [5, 5.41) is 9.02. The quantitative estimate of drug-likeness (QED) is 0.543. The minimum Gasteiger partial charge on any atom is -0.411 e. The van der Waals surface area contributed by atoms with Crippen molar-refractivity contribution in [2.45, 2.75) is 11.0 Å². The maximum absolute atomic E-state index is 5.74. The van der Waals surface area contributed by atoms with Crippen LogP contribution >= 0.6 is 23.4 Å². The Morgan fingerprint density at radius 1 is 1.10 bits per heavy atom. The molecule has 0 atom stereocenters. The molecule has 0 aliphatic rings. The van der Waals surface area contributed by atoms with E-state index in [4.69, 9.17) is 16.0 Å². The third-order valence-corrected chi connectivity index (χ3v) is 3.60. The number of pyridine rings is 2. The molecule has 0 fully saturated rings. The Kier molecular flexibility index (Phi) is 3.94. The lowest BCUT2D eigenvalue weighted by Gasteiger charge is -1.97. The highest BCUT2D eigenvalue weighted by atomic mass is 35.5. The Morgan fingerprint density at radius 3 is 2.70 bits per heavy atom. The molecule has 0 radical (unpaired) electrons. The standard InChI is InChI=1S/C13H9ClN4OS/c14-11-2-1-9(7-16-11)8-20-13-18-17-12(19-13)10-3-5-15-6-4-10/h1-7H,8H2. The van der Waals surface area contributed by atoms with Gasteiger partial charge in [0, 0.05) is 29.9 Å². The zero-order chi connectivity index (χ0) is 13.8. The van der Waals surface area contributed by atoms with Gasteiger partial charge >= 0.3 is 0 Å². The molecule has 0 unspecified atom stereocenters. The zero-order valence-electron chi connectivity index (χ0n) is 10.2. The highest BCUT2D eigenvalue weighted by Gasteiger charge is 2.08. The maximum Gasteiger partial charge on any atom is 0.277 e. The first-order chi connectivity index (χ1) is 9.81. The largest absolute Gasteiger partial charge is 0.411 e. The van der Waals surface area contributed by atoms with Gasteiger partial charge in [-0.2, -0.15) is 0 Å². The van der Waals surface area contributed by atoms with Gasteiger partial charge in [0.15, 0.2) is 0 Å². The third kappa shape index (κ3) is 3.15. The van der Waals surface area contributed by atoms with Crippen molar-refractivity contribution in [3.05, 3.63) is 53.6 Å².